The molecule has 1 aliphatic carbocycles. The minimum atomic E-state index is 0.162. The van der Waals surface area contributed by atoms with Crippen molar-refractivity contribution in [1.82, 2.24) is 10.6 Å². The van der Waals surface area contributed by atoms with Gasteiger partial charge in [-0.2, -0.15) is 0 Å². The van der Waals surface area contributed by atoms with Crippen molar-refractivity contribution in [3.63, 3.8) is 0 Å². The van der Waals surface area contributed by atoms with Gasteiger partial charge < -0.3 is 20.1 Å². The fourth-order valence-electron chi connectivity index (χ4n) is 4.99. The first-order chi connectivity index (χ1) is 13.2. The van der Waals surface area contributed by atoms with Gasteiger partial charge in [0.05, 0.1) is 13.2 Å². The summed E-state index contributed by atoms with van der Waals surface area (Å²) in [5.41, 5.74) is 1.06. The van der Waals surface area contributed by atoms with Crippen LogP contribution in [-0.4, -0.2) is 31.2 Å². The third-order valence-corrected chi connectivity index (χ3v) is 6.36. The maximum atomic E-state index is 12.4. The summed E-state index contributed by atoms with van der Waals surface area (Å²) in [6.45, 7) is 0.543. The molecule has 148 valence electrons. The van der Waals surface area contributed by atoms with Crippen LogP contribution in [0.25, 0.3) is 0 Å². The number of rotatable bonds is 7. The maximum Gasteiger partial charge on any atom is 0.220 e. The predicted octanol–water partition coefficient (Wildman–Crippen LogP) is 3.55. The monoisotopic (exact) mass is 372 g/mol. The molecule has 0 spiro atoms. The van der Waals surface area contributed by atoms with Crippen molar-refractivity contribution < 1.29 is 14.3 Å². The number of fused-ring (bicyclic) bond motifs is 2. The molecular formula is C22H32N2O3. The van der Waals surface area contributed by atoms with E-state index in [2.05, 4.69) is 10.6 Å². The molecule has 5 heteroatoms. The van der Waals surface area contributed by atoms with Crippen molar-refractivity contribution in [2.24, 2.45) is 5.92 Å². The highest BCUT2D eigenvalue weighted by Gasteiger charge is 2.34. The molecular weight excluding hydrogens is 340 g/mol. The van der Waals surface area contributed by atoms with Crippen LogP contribution in [0.15, 0.2) is 18.2 Å². The summed E-state index contributed by atoms with van der Waals surface area (Å²) in [5, 5.41) is 6.74. The molecule has 5 nitrogen and oxygen atoms in total. The molecule has 2 aliphatic heterocycles. The number of nitrogens with one attached hydrogen (secondary N) is 2. The molecule has 3 fully saturated rings. The van der Waals surface area contributed by atoms with Gasteiger partial charge in [-0.1, -0.05) is 6.07 Å². The van der Waals surface area contributed by atoms with Gasteiger partial charge in [0.15, 0.2) is 11.5 Å². The summed E-state index contributed by atoms with van der Waals surface area (Å²) in [4.78, 5) is 12.4. The second-order valence-corrected chi connectivity index (χ2v) is 8.47. The number of amides is 1. The molecule has 0 radical (unpaired) electrons. The van der Waals surface area contributed by atoms with E-state index in [1.807, 2.05) is 18.2 Å². The Morgan fingerprint density at radius 2 is 1.85 bits per heavy atom. The van der Waals surface area contributed by atoms with Gasteiger partial charge in [0.25, 0.3) is 0 Å². The van der Waals surface area contributed by atoms with Crippen LogP contribution in [0.1, 0.15) is 63.4 Å². The van der Waals surface area contributed by atoms with Gasteiger partial charge in [-0.25, -0.2) is 0 Å². The molecule has 0 aromatic heterocycles. The Bertz CT molecular complexity index is 645. The van der Waals surface area contributed by atoms with Crippen LogP contribution >= 0.6 is 0 Å². The van der Waals surface area contributed by atoms with E-state index >= 15 is 0 Å². The molecule has 1 amide bonds. The van der Waals surface area contributed by atoms with E-state index in [-0.39, 0.29) is 5.91 Å². The lowest BCUT2D eigenvalue weighted by molar-refractivity contribution is -0.122. The van der Waals surface area contributed by atoms with Crippen molar-refractivity contribution in [3.05, 3.63) is 23.8 Å². The average Bonchev–Trinajstić information content (AvgIpc) is 3.29. The molecule has 2 saturated heterocycles. The van der Waals surface area contributed by atoms with Crippen LogP contribution in [0, 0.1) is 5.92 Å². The number of carbonyl (C=O) groups excluding carboxylic acids is 1. The van der Waals surface area contributed by atoms with Crippen LogP contribution in [0.3, 0.4) is 0 Å². The molecule has 3 aliphatic rings. The highest BCUT2D eigenvalue weighted by Crippen LogP contribution is 2.33. The molecule has 1 aromatic rings. The number of carbonyl (C=O) groups is 1. The second kappa shape index (κ2) is 8.51. The van der Waals surface area contributed by atoms with E-state index in [1.54, 1.807) is 7.11 Å². The smallest absolute Gasteiger partial charge is 0.220 e. The quantitative estimate of drug-likeness (QED) is 0.768. The number of piperidine rings is 1. The van der Waals surface area contributed by atoms with Crippen molar-refractivity contribution in [2.45, 2.75) is 82.5 Å². The summed E-state index contributed by atoms with van der Waals surface area (Å²) in [5.74, 6) is 2.25. The Labute approximate surface area is 162 Å². The van der Waals surface area contributed by atoms with E-state index in [0.717, 1.165) is 42.7 Å². The van der Waals surface area contributed by atoms with E-state index in [9.17, 15) is 4.79 Å². The number of benzene rings is 1. The summed E-state index contributed by atoms with van der Waals surface area (Å²) in [6, 6.07) is 7.24. The first kappa shape index (κ1) is 18.6. The normalized spacial score (nSPS) is 27.5. The third-order valence-electron chi connectivity index (χ3n) is 6.36. The van der Waals surface area contributed by atoms with Gasteiger partial charge in [-0.3, -0.25) is 4.79 Å². The summed E-state index contributed by atoms with van der Waals surface area (Å²) in [6.07, 6.45) is 10.5. The molecule has 2 unspecified atom stereocenters. The van der Waals surface area contributed by atoms with Crippen LogP contribution in [0.5, 0.6) is 11.5 Å². The molecule has 27 heavy (non-hydrogen) atoms. The van der Waals surface area contributed by atoms with Crippen molar-refractivity contribution in [1.29, 1.82) is 0 Å². The maximum absolute atomic E-state index is 12.4. The third kappa shape index (κ3) is 4.75. The number of ether oxygens (including phenoxy) is 2. The lowest BCUT2D eigenvalue weighted by Crippen LogP contribution is -2.39. The summed E-state index contributed by atoms with van der Waals surface area (Å²) < 4.78 is 11.6. The lowest BCUT2D eigenvalue weighted by atomic mass is 9.89. The Kier molecular flexibility index (Phi) is 5.86. The Balaban J connectivity index is 1.30. The Morgan fingerprint density at radius 1 is 1.11 bits per heavy atom. The molecule has 2 N–H and O–H groups in total. The van der Waals surface area contributed by atoms with E-state index in [4.69, 9.17) is 9.47 Å². The van der Waals surface area contributed by atoms with Gasteiger partial charge in [0.2, 0.25) is 5.91 Å². The number of methoxy groups -OCH3 is 1. The van der Waals surface area contributed by atoms with Gasteiger partial charge in [0, 0.05) is 25.0 Å². The highest BCUT2D eigenvalue weighted by atomic mass is 16.5. The highest BCUT2D eigenvalue weighted by molar-refractivity contribution is 5.76. The van der Waals surface area contributed by atoms with Gasteiger partial charge in [0.1, 0.15) is 0 Å². The summed E-state index contributed by atoms with van der Waals surface area (Å²) in [7, 11) is 1.67. The number of hydrogen-bond acceptors (Lipinski definition) is 4. The van der Waals surface area contributed by atoms with Gasteiger partial charge in [-0.05, 0) is 75.0 Å². The van der Waals surface area contributed by atoms with Crippen LogP contribution in [-0.2, 0) is 11.3 Å². The Morgan fingerprint density at radius 3 is 2.56 bits per heavy atom. The minimum Gasteiger partial charge on any atom is -0.493 e. The van der Waals surface area contributed by atoms with Crippen LogP contribution in [0.4, 0.5) is 0 Å². The molecule has 4 rings (SSSR count). The average molecular weight is 373 g/mol. The molecule has 2 atom stereocenters. The first-order valence-corrected chi connectivity index (χ1v) is 10.6. The Hall–Kier alpha value is -1.75. The molecule has 2 heterocycles. The summed E-state index contributed by atoms with van der Waals surface area (Å²) >= 11 is 0. The molecule has 1 saturated carbocycles. The fourth-order valence-corrected chi connectivity index (χ4v) is 4.99. The SMILES string of the molecule is COc1ccc(CNC(=O)CC2CC3CCC(C2)N3)cc1OC1CCCC1. The standard InChI is InChI=1S/C22H32N2O3/c1-26-20-9-6-15(12-21(20)27-19-4-2-3-5-19)14-23-22(25)13-16-10-17-7-8-18(11-16)24-17/h6,9,12,16-19,24H,2-5,7-8,10-11,13-14H2,1H3,(H,23,25). The van der Waals surface area contributed by atoms with Crippen LogP contribution < -0.4 is 20.1 Å². The van der Waals surface area contributed by atoms with E-state index in [0.29, 0.717) is 37.1 Å². The van der Waals surface area contributed by atoms with Gasteiger partial charge in [-0.15, -0.1) is 0 Å². The van der Waals surface area contributed by atoms with E-state index < -0.39 is 0 Å². The zero-order valence-corrected chi connectivity index (χ0v) is 16.3. The van der Waals surface area contributed by atoms with E-state index in [1.165, 1.54) is 25.7 Å². The van der Waals surface area contributed by atoms with Crippen molar-refractivity contribution in [2.75, 3.05) is 7.11 Å². The van der Waals surface area contributed by atoms with Crippen molar-refractivity contribution in [3.8, 4) is 11.5 Å². The largest absolute Gasteiger partial charge is 0.493 e. The first-order valence-electron chi connectivity index (χ1n) is 10.6. The van der Waals surface area contributed by atoms with Crippen molar-refractivity contribution >= 4 is 5.91 Å². The fraction of sp³-hybridized carbons (Fsp3) is 0.682. The topological polar surface area (TPSA) is 59.6 Å². The predicted molar refractivity (Wildman–Crippen MR) is 105 cm³/mol. The molecule has 1 aromatic carbocycles. The van der Waals surface area contributed by atoms with Gasteiger partial charge >= 0.3 is 0 Å². The zero-order chi connectivity index (χ0) is 18.6. The number of hydrogen-bond donors (Lipinski definition) is 2. The zero-order valence-electron chi connectivity index (χ0n) is 16.3. The molecule has 2 bridgehead atoms. The lowest BCUT2D eigenvalue weighted by Gasteiger charge is -2.28. The van der Waals surface area contributed by atoms with Crippen LogP contribution in [0.2, 0.25) is 0 Å². The second-order valence-electron chi connectivity index (χ2n) is 8.47. The minimum absolute atomic E-state index is 0.162.